The van der Waals surface area contributed by atoms with Crippen LogP contribution >= 0.6 is 0 Å². The van der Waals surface area contributed by atoms with Crippen LogP contribution in [0.25, 0.3) is 22.0 Å². The van der Waals surface area contributed by atoms with Crippen LogP contribution in [0, 0.1) is 0 Å². The van der Waals surface area contributed by atoms with Crippen LogP contribution in [0.3, 0.4) is 0 Å². The van der Waals surface area contributed by atoms with E-state index in [0.717, 1.165) is 33.2 Å². The molecule has 1 heterocycles. The second-order valence-electron chi connectivity index (χ2n) is 8.87. The number of ether oxygens (including phenoxy) is 3. The zero-order chi connectivity index (χ0) is 27.8. The molecule has 4 aromatic rings. The second kappa shape index (κ2) is 12.6. The molecule has 0 N–H and O–H groups in total. The molecule has 0 fully saturated rings. The quantitative estimate of drug-likeness (QED) is 0.0918. The minimum atomic E-state index is -0.367. The van der Waals surface area contributed by atoms with E-state index in [1.807, 2.05) is 60.8 Å². The number of carbonyl (C=O) groups excluding carboxylic acids is 2. The molecule has 0 saturated carbocycles. The van der Waals surface area contributed by atoms with Crippen molar-refractivity contribution in [3.63, 3.8) is 0 Å². The van der Waals surface area contributed by atoms with Gasteiger partial charge < -0.3 is 18.8 Å². The highest BCUT2D eigenvalue weighted by molar-refractivity contribution is 5.91. The smallest absolute Gasteiger partial charge is 0.310 e. The molecule has 0 radical (unpaired) electrons. The SMILES string of the molecule is C=C/C=C(\C=C)Oc1ccc(Cn2cc(CC(=O)OCC)c3ccc(-c4cccc(OC(C)=O)c4)cc32)cc1. The van der Waals surface area contributed by atoms with Gasteiger partial charge in [0.1, 0.15) is 17.3 Å². The normalized spacial score (nSPS) is 11.2. The molecule has 0 unspecified atom stereocenters. The highest BCUT2D eigenvalue weighted by Gasteiger charge is 2.15. The molecule has 0 saturated heterocycles. The fourth-order valence-electron chi connectivity index (χ4n) is 4.35. The predicted molar refractivity (Wildman–Crippen MR) is 154 cm³/mol. The summed E-state index contributed by atoms with van der Waals surface area (Å²) in [6.45, 7) is 11.6. The number of allylic oxidation sites excluding steroid dienone is 3. The molecule has 0 amide bonds. The first-order chi connectivity index (χ1) is 18.9. The summed E-state index contributed by atoms with van der Waals surface area (Å²) in [4.78, 5) is 23.8. The van der Waals surface area contributed by atoms with Crippen LogP contribution in [0.5, 0.6) is 11.5 Å². The van der Waals surface area contributed by atoms with Gasteiger partial charge in [0.15, 0.2) is 0 Å². The molecule has 0 atom stereocenters. The maximum Gasteiger partial charge on any atom is 0.310 e. The number of esters is 2. The van der Waals surface area contributed by atoms with Gasteiger partial charge in [-0.05, 0) is 71.7 Å². The summed E-state index contributed by atoms with van der Waals surface area (Å²) < 4.78 is 18.4. The summed E-state index contributed by atoms with van der Waals surface area (Å²) >= 11 is 0. The van der Waals surface area contributed by atoms with Crippen LogP contribution in [-0.4, -0.2) is 23.1 Å². The first kappa shape index (κ1) is 27.2. The van der Waals surface area contributed by atoms with E-state index in [-0.39, 0.29) is 18.4 Å². The predicted octanol–water partition coefficient (Wildman–Crippen LogP) is 7.02. The Bertz CT molecular complexity index is 1540. The van der Waals surface area contributed by atoms with Crippen LogP contribution in [0.2, 0.25) is 0 Å². The third-order valence-electron chi connectivity index (χ3n) is 6.03. The van der Waals surface area contributed by atoms with E-state index in [0.29, 0.717) is 30.4 Å². The van der Waals surface area contributed by atoms with Crippen molar-refractivity contribution in [1.29, 1.82) is 0 Å². The van der Waals surface area contributed by atoms with Crippen molar-refractivity contribution < 1.29 is 23.8 Å². The number of carbonyl (C=O) groups is 2. The van der Waals surface area contributed by atoms with Gasteiger partial charge in [-0.15, -0.1) is 0 Å². The van der Waals surface area contributed by atoms with Crippen molar-refractivity contribution in [3.05, 3.63) is 121 Å². The van der Waals surface area contributed by atoms with Crippen molar-refractivity contribution >= 4 is 22.8 Å². The lowest BCUT2D eigenvalue weighted by Gasteiger charge is -2.10. The molecular weight excluding hydrogens is 490 g/mol. The van der Waals surface area contributed by atoms with Crippen molar-refractivity contribution in [2.75, 3.05) is 6.61 Å². The highest BCUT2D eigenvalue weighted by atomic mass is 16.5. The molecule has 0 aliphatic heterocycles. The van der Waals surface area contributed by atoms with Gasteiger partial charge >= 0.3 is 11.9 Å². The van der Waals surface area contributed by atoms with E-state index in [1.54, 1.807) is 31.2 Å². The Labute approximate surface area is 228 Å². The van der Waals surface area contributed by atoms with E-state index in [1.165, 1.54) is 6.92 Å². The number of benzene rings is 3. The van der Waals surface area contributed by atoms with Gasteiger partial charge in [0.05, 0.1) is 13.0 Å². The molecule has 198 valence electrons. The maximum absolute atomic E-state index is 12.3. The number of nitrogens with zero attached hydrogens (tertiary/aromatic N) is 1. The summed E-state index contributed by atoms with van der Waals surface area (Å²) in [5.74, 6) is 1.17. The van der Waals surface area contributed by atoms with E-state index in [9.17, 15) is 9.59 Å². The molecule has 6 nitrogen and oxygen atoms in total. The number of fused-ring (bicyclic) bond motifs is 1. The first-order valence-electron chi connectivity index (χ1n) is 12.7. The summed E-state index contributed by atoms with van der Waals surface area (Å²) in [6, 6.07) is 21.4. The zero-order valence-electron chi connectivity index (χ0n) is 22.2. The molecule has 3 aromatic carbocycles. The summed E-state index contributed by atoms with van der Waals surface area (Å²) in [5, 5.41) is 0.980. The van der Waals surface area contributed by atoms with E-state index >= 15 is 0 Å². The number of rotatable bonds is 11. The minimum absolute atomic E-state index is 0.186. The molecule has 4 rings (SSSR count). The van der Waals surface area contributed by atoms with Crippen molar-refractivity contribution in [2.24, 2.45) is 0 Å². The standard InChI is InChI=1S/C33H31NO5/c1-5-9-28(6-2)39-29-15-12-24(13-16-29)21-34-22-27(20-33(36)37-7-3)31-17-14-26(19-32(31)34)25-10-8-11-30(18-25)38-23(4)35/h5-6,8-19,22H,1-2,7,20-21H2,3-4H3/b28-9+. The van der Waals surface area contributed by atoms with E-state index < -0.39 is 0 Å². The molecule has 39 heavy (non-hydrogen) atoms. The number of aromatic nitrogens is 1. The topological polar surface area (TPSA) is 66.8 Å². The van der Waals surface area contributed by atoms with Gasteiger partial charge in [-0.3, -0.25) is 9.59 Å². The Kier molecular flexibility index (Phi) is 8.79. The molecule has 0 aliphatic rings. The Morgan fingerprint density at radius 1 is 0.923 bits per heavy atom. The fraction of sp³-hybridized carbons (Fsp3) is 0.152. The maximum atomic E-state index is 12.3. The molecular formula is C33H31NO5. The van der Waals surface area contributed by atoms with Crippen molar-refractivity contribution in [3.8, 4) is 22.6 Å². The van der Waals surface area contributed by atoms with Gasteiger partial charge in [-0.25, -0.2) is 0 Å². The summed E-state index contributed by atoms with van der Waals surface area (Å²) in [5.41, 5.74) is 4.83. The Morgan fingerprint density at radius 3 is 2.38 bits per heavy atom. The molecule has 0 bridgehead atoms. The summed E-state index contributed by atoms with van der Waals surface area (Å²) in [7, 11) is 0. The average Bonchev–Trinajstić information content (AvgIpc) is 3.25. The van der Waals surface area contributed by atoms with Gasteiger partial charge in [0, 0.05) is 30.6 Å². The Balaban J connectivity index is 1.69. The zero-order valence-corrected chi connectivity index (χ0v) is 22.2. The summed E-state index contributed by atoms with van der Waals surface area (Å²) in [6.07, 6.45) is 7.22. The third-order valence-corrected chi connectivity index (χ3v) is 6.03. The molecule has 6 heteroatoms. The van der Waals surface area contributed by atoms with E-state index in [2.05, 4.69) is 23.8 Å². The third kappa shape index (κ3) is 6.93. The molecule has 0 spiro atoms. The fourth-order valence-corrected chi connectivity index (χ4v) is 4.35. The Morgan fingerprint density at radius 2 is 1.69 bits per heavy atom. The van der Waals surface area contributed by atoms with Crippen LogP contribution in [0.1, 0.15) is 25.0 Å². The van der Waals surface area contributed by atoms with Crippen LogP contribution < -0.4 is 9.47 Å². The lowest BCUT2D eigenvalue weighted by Crippen LogP contribution is -2.07. The van der Waals surface area contributed by atoms with Gasteiger partial charge in [0.2, 0.25) is 0 Å². The molecule has 0 aliphatic carbocycles. The lowest BCUT2D eigenvalue weighted by molar-refractivity contribution is -0.142. The van der Waals surface area contributed by atoms with E-state index in [4.69, 9.17) is 14.2 Å². The van der Waals surface area contributed by atoms with Crippen molar-refractivity contribution in [2.45, 2.75) is 26.8 Å². The van der Waals surface area contributed by atoms with Crippen LogP contribution in [0.4, 0.5) is 0 Å². The number of hydrogen-bond donors (Lipinski definition) is 0. The monoisotopic (exact) mass is 521 g/mol. The highest BCUT2D eigenvalue weighted by Crippen LogP contribution is 2.31. The number of hydrogen-bond acceptors (Lipinski definition) is 5. The van der Waals surface area contributed by atoms with Crippen molar-refractivity contribution in [1.82, 2.24) is 4.57 Å². The second-order valence-corrected chi connectivity index (χ2v) is 8.87. The first-order valence-corrected chi connectivity index (χ1v) is 12.7. The van der Waals surface area contributed by atoms with Gasteiger partial charge in [0.25, 0.3) is 0 Å². The van der Waals surface area contributed by atoms with Gasteiger partial charge in [-0.1, -0.05) is 55.6 Å². The van der Waals surface area contributed by atoms with Crippen LogP contribution in [-0.2, 0) is 27.3 Å². The van der Waals surface area contributed by atoms with Gasteiger partial charge in [-0.2, -0.15) is 0 Å². The lowest BCUT2D eigenvalue weighted by atomic mass is 10.0. The van der Waals surface area contributed by atoms with Crippen LogP contribution in [0.15, 0.2) is 110 Å². The average molecular weight is 522 g/mol. The minimum Gasteiger partial charge on any atom is -0.466 e. The largest absolute Gasteiger partial charge is 0.466 e. The Hall–Kier alpha value is -4.84. The molecule has 1 aromatic heterocycles.